The molecule has 2 atom stereocenters. The first-order valence-corrected chi connectivity index (χ1v) is 8.16. The van der Waals surface area contributed by atoms with Crippen LogP contribution in [0.2, 0.25) is 0 Å². The summed E-state index contributed by atoms with van der Waals surface area (Å²) >= 11 is 0. The molecular formula is C18H28N2O. The van der Waals surface area contributed by atoms with Crippen LogP contribution in [0.5, 0.6) is 0 Å². The molecule has 1 aromatic carbocycles. The number of hydrogen-bond acceptors (Lipinski definition) is 2. The Morgan fingerprint density at radius 3 is 2.57 bits per heavy atom. The molecule has 1 saturated carbocycles. The number of benzene rings is 1. The summed E-state index contributed by atoms with van der Waals surface area (Å²) in [5.41, 5.74) is 8.09. The van der Waals surface area contributed by atoms with Crippen LogP contribution in [-0.4, -0.2) is 11.9 Å². The van der Waals surface area contributed by atoms with Crippen molar-refractivity contribution in [3.63, 3.8) is 0 Å². The van der Waals surface area contributed by atoms with Crippen molar-refractivity contribution in [1.82, 2.24) is 5.32 Å². The van der Waals surface area contributed by atoms with Crippen LogP contribution in [0.1, 0.15) is 61.9 Å². The molecular weight excluding hydrogens is 260 g/mol. The number of amides is 1. The minimum absolute atomic E-state index is 0.00467. The van der Waals surface area contributed by atoms with Crippen molar-refractivity contribution in [3.05, 3.63) is 29.3 Å². The Morgan fingerprint density at radius 1 is 1.24 bits per heavy atom. The molecule has 0 radical (unpaired) electrons. The van der Waals surface area contributed by atoms with Gasteiger partial charge in [0.05, 0.1) is 0 Å². The first kappa shape index (κ1) is 15.9. The van der Waals surface area contributed by atoms with Gasteiger partial charge in [0.15, 0.2) is 0 Å². The molecule has 3 nitrogen and oxygen atoms in total. The van der Waals surface area contributed by atoms with E-state index in [4.69, 9.17) is 5.73 Å². The molecule has 1 aliphatic rings. The maximum atomic E-state index is 12.4. The van der Waals surface area contributed by atoms with E-state index in [1.54, 1.807) is 6.07 Å². The van der Waals surface area contributed by atoms with Gasteiger partial charge in [-0.15, -0.1) is 0 Å². The van der Waals surface area contributed by atoms with Crippen molar-refractivity contribution in [2.24, 2.45) is 11.8 Å². The summed E-state index contributed by atoms with van der Waals surface area (Å²) in [6.07, 6.45) is 6.65. The summed E-state index contributed by atoms with van der Waals surface area (Å²) in [6, 6.07) is 5.70. The van der Waals surface area contributed by atoms with Gasteiger partial charge in [0, 0.05) is 17.3 Å². The summed E-state index contributed by atoms with van der Waals surface area (Å²) in [4.78, 5) is 12.4. The fourth-order valence-electron chi connectivity index (χ4n) is 3.37. The van der Waals surface area contributed by atoms with Crippen molar-refractivity contribution in [3.8, 4) is 0 Å². The Labute approximate surface area is 128 Å². The van der Waals surface area contributed by atoms with Gasteiger partial charge >= 0.3 is 0 Å². The maximum Gasteiger partial charge on any atom is 0.251 e. The number of aryl methyl sites for hydroxylation is 1. The summed E-state index contributed by atoms with van der Waals surface area (Å²) in [5.74, 6) is 1.27. The number of anilines is 1. The highest BCUT2D eigenvalue weighted by molar-refractivity contribution is 5.96. The molecule has 0 aromatic heterocycles. The van der Waals surface area contributed by atoms with Crippen LogP contribution in [0.15, 0.2) is 18.2 Å². The van der Waals surface area contributed by atoms with Gasteiger partial charge in [0.2, 0.25) is 0 Å². The average molecular weight is 288 g/mol. The van der Waals surface area contributed by atoms with Crippen molar-refractivity contribution in [1.29, 1.82) is 0 Å². The number of nitrogen functional groups attached to an aromatic ring is 1. The third-order valence-corrected chi connectivity index (χ3v) is 5.05. The number of carbonyl (C=O) groups excluding carboxylic acids is 1. The second kappa shape index (κ2) is 6.97. The van der Waals surface area contributed by atoms with E-state index >= 15 is 0 Å². The van der Waals surface area contributed by atoms with Gasteiger partial charge in [-0.05, 0) is 43.4 Å². The molecule has 2 rings (SSSR count). The zero-order valence-electron chi connectivity index (χ0n) is 13.5. The third-order valence-electron chi connectivity index (χ3n) is 5.05. The fraction of sp³-hybridized carbons (Fsp3) is 0.611. The topological polar surface area (TPSA) is 55.1 Å². The first-order chi connectivity index (χ1) is 9.99. The van der Waals surface area contributed by atoms with E-state index in [-0.39, 0.29) is 11.9 Å². The minimum Gasteiger partial charge on any atom is -0.399 e. The van der Waals surface area contributed by atoms with E-state index in [0.29, 0.717) is 17.2 Å². The Balaban J connectivity index is 1.99. The Hall–Kier alpha value is -1.51. The normalized spacial score (nSPS) is 19.0. The zero-order chi connectivity index (χ0) is 15.4. The van der Waals surface area contributed by atoms with Crippen LogP contribution >= 0.6 is 0 Å². The molecule has 1 aliphatic carbocycles. The minimum atomic E-state index is -0.00467. The van der Waals surface area contributed by atoms with Gasteiger partial charge in [0.1, 0.15) is 0 Å². The van der Waals surface area contributed by atoms with Crippen molar-refractivity contribution in [2.45, 2.75) is 58.9 Å². The summed E-state index contributed by atoms with van der Waals surface area (Å²) in [7, 11) is 0. The van der Waals surface area contributed by atoms with E-state index < -0.39 is 0 Å². The molecule has 1 amide bonds. The maximum absolute atomic E-state index is 12.4. The monoisotopic (exact) mass is 288 g/mol. The van der Waals surface area contributed by atoms with Crippen LogP contribution in [0, 0.1) is 18.8 Å². The third kappa shape index (κ3) is 3.99. The fourth-order valence-corrected chi connectivity index (χ4v) is 3.37. The Morgan fingerprint density at radius 2 is 1.90 bits per heavy atom. The SMILES string of the molecule is Cc1ccc(N)cc1C(=O)NC(C)C(C)C1CCCCC1. The van der Waals surface area contributed by atoms with Gasteiger partial charge in [0.25, 0.3) is 5.91 Å². The first-order valence-electron chi connectivity index (χ1n) is 8.16. The quantitative estimate of drug-likeness (QED) is 0.825. The van der Waals surface area contributed by atoms with E-state index in [2.05, 4.69) is 19.2 Å². The van der Waals surface area contributed by atoms with Gasteiger partial charge < -0.3 is 11.1 Å². The van der Waals surface area contributed by atoms with Crippen molar-refractivity contribution >= 4 is 11.6 Å². The largest absolute Gasteiger partial charge is 0.399 e. The average Bonchev–Trinajstić information content (AvgIpc) is 2.49. The molecule has 0 saturated heterocycles. The second-order valence-electron chi connectivity index (χ2n) is 6.59. The highest BCUT2D eigenvalue weighted by Crippen LogP contribution is 2.31. The molecule has 1 fully saturated rings. The lowest BCUT2D eigenvalue weighted by Crippen LogP contribution is -2.40. The molecule has 3 N–H and O–H groups in total. The molecule has 3 heteroatoms. The smallest absolute Gasteiger partial charge is 0.251 e. The summed E-state index contributed by atoms with van der Waals surface area (Å²) in [6.45, 7) is 6.34. The van der Waals surface area contributed by atoms with Crippen LogP contribution in [0.4, 0.5) is 5.69 Å². The standard InChI is InChI=1S/C18H28N2O/c1-12-9-10-16(19)11-17(12)18(21)20-14(3)13(2)15-7-5-4-6-8-15/h9-11,13-15H,4-8,19H2,1-3H3,(H,20,21). The van der Waals surface area contributed by atoms with Gasteiger partial charge in [-0.25, -0.2) is 0 Å². The molecule has 116 valence electrons. The molecule has 21 heavy (non-hydrogen) atoms. The Bertz CT molecular complexity index is 492. The number of hydrogen-bond donors (Lipinski definition) is 2. The lowest BCUT2D eigenvalue weighted by Gasteiger charge is -2.32. The van der Waals surface area contributed by atoms with Gasteiger partial charge in [-0.1, -0.05) is 45.1 Å². The molecule has 0 bridgehead atoms. The lowest BCUT2D eigenvalue weighted by molar-refractivity contribution is 0.0911. The van der Waals surface area contributed by atoms with E-state index in [9.17, 15) is 4.79 Å². The highest BCUT2D eigenvalue weighted by Gasteiger charge is 2.25. The summed E-state index contributed by atoms with van der Waals surface area (Å²) in [5, 5.41) is 3.17. The highest BCUT2D eigenvalue weighted by atomic mass is 16.1. The Kier molecular flexibility index (Phi) is 5.27. The molecule has 0 aliphatic heterocycles. The van der Waals surface area contributed by atoms with Gasteiger partial charge in [-0.2, -0.15) is 0 Å². The molecule has 0 heterocycles. The van der Waals surface area contributed by atoms with Gasteiger partial charge in [-0.3, -0.25) is 4.79 Å². The predicted molar refractivity (Wildman–Crippen MR) is 88.3 cm³/mol. The lowest BCUT2D eigenvalue weighted by atomic mass is 9.78. The van der Waals surface area contributed by atoms with Crippen molar-refractivity contribution in [2.75, 3.05) is 5.73 Å². The zero-order valence-corrected chi connectivity index (χ0v) is 13.5. The number of rotatable bonds is 4. The van der Waals surface area contributed by atoms with Crippen LogP contribution in [0.3, 0.4) is 0 Å². The number of nitrogens with one attached hydrogen (secondary N) is 1. The summed E-state index contributed by atoms with van der Waals surface area (Å²) < 4.78 is 0. The number of nitrogens with two attached hydrogens (primary N) is 1. The number of carbonyl (C=O) groups is 1. The van der Waals surface area contributed by atoms with E-state index in [1.165, 1.54) is 32.1 Å². The van der Waals surface area contributed by atoms with E-state index in [0.717, 1.165) is 11.5 Å². The van der Waals surface area contributed by atoms with Crippen LogP contribution in [0.25, 0.3) is 0 Å². The van der Waals surface area contributed by atoms with Crippen LogP contribution in [-0.2, 0) is 0 Å². The second-order valence-corrected chi connectivity index (χ2v) is 6.59. The molecule has 0 spiro atoms. The molecule has 2 unspecified atom stereocenters. The van der Waals surface area contributed by atoms with E-state index in [1.807, 2.05) is 19.1 Å². The van der Waals surface area contributed by atoms with Crippen LogP contribution < -0.4 is 11.1 Å². The van der Waals surface area contributed by atoms with Crippen molar-refractivity contribution < 1.29 is 4.79 Å². The molecule has 1 aromatic rings. The predicted octanol–water partition coefficient (Wildman–Crippen LogP) is 3.91.